The third-order valence-corrected chi connectivity index (χ3v) is 3.52. The molecule has 1 fully saturated rings. The average molecular weight is 272 g/mol. The molecular weight excluding hydrogens is 254 g/mol. The van der Waals surface area contributed by atoms with Crippen LogP contribution in [0.1, 0.15) is 25.7 Å². The molecule has 1 aliphatic carbocycles. The molecule has 5 nitrogen and oxygen atoms in total. The van der Waals surface area contributed by atoms with Crippen molar-refractivity contribution >= 4 is 17.3 Å². The predicted molar refractivity (Wildman–Crippen MR) is 71.2 cm³/mol. The van der Waals surface area contributed by atoms with Gasteiger partial charge in [-0.05, 0) is 12.8 Å². The Kier molecular flexibility index (Phi) is 4.60. The monoisotopic (exact) mass is 271 g/mol. The molecule has 1 aromatic heterocycles. The SMILES string of the molecule is Cn1ncc(NCCOC2CCCC2)c(Cl)c1=O. The van der Waals surface area contributed by atoms with E-state index in [2.05, 4.69) is 10.4 Å². The third-order valence-electron chi connectivity index (χ3n) is 3.15. The summed E-state index contributed by atoms with van der Waals surface area (Å²) < 4.78 is 6.92. The summed E-state index contributed by atoms with van der Waals surface area (Å²) in [7, 11) is 1.57. The van der Waals surface area contributed by atoms with Gasteiger partial charge in [-0.3, -0.25) is 4.79 Å². The van der Waals surface area contributed by atoms with Crippen LogP contribution in [0.3, 0.4) is 0 Å². The highest BCUT2D eigenvalue weighted by Crippen LogP contribution is 2.20. The molecular formula is C12H18ClN3O2. The van der Waals surface area contributed by atoms with E-state index in [4.69, 9.17) is 16.3 Å². The van der Waals surface area contributed by atoms with E-state index in [-0.39, 0.29) is 10.6 Å². The Bertz CT molecular complexity index is 455. The van der Waals surface area contributed by atoms with E-state index in [1.54, 1.807) is 13.2 Å². The fourth-order valence-corrected chi connectivity index (χ4v) is 2.34. The number of nitrogens with zero attached hydrogens (tertiary/aromatic N) is 2. The van der Waals surface area contributed by atoms with Crippen LogP contribution in [0, 0.1) is 0 Å². The van der Waals surface area contributed by atoms with Gasteiger partial charge in [0.1, 0.15) is 5.02 Å². The lowest BCUT2D eigenvalue weighted by Crippen LogP contribution is -2.22. The number of anilines is 1. The molecule has 1 heterocycles. The third kappa shape index (κ3) is 3.23. The lowest BCUT2D eigenvalue weighted by molar-refractivity contribution is 0.0659. The smallest absolute Gasteiger partial charge is 0.287 e. The van der Waals surface area contributed by atoms with E-state index in [1.165, 1.54) is 17.5 Å². The van der Waals surface area contributed by atoms with Crippen LogP contribution in [-0.4, -0.2) is 29.0 Å². The van der Waals surface area contributed by atoms with Gasteiger partial charge >= 0.3 is 0 Å². The first kappa shape index (κ1) is 13.4. The van der Waals surface area contributed by atoms with E-state index in [0.717, 1.165) is 12.8 Å². The second-order valence-corrected chi connectivity index (χ2v) is 4.88. The molecule has 0 radical (unpaired) electrons. The average Bonchev–Trinajstić information content (AvgIpc) is 2.87. The van der Waals surface area contributed by atoms with E-state index in [9.17, 15) is 4.79 Å². The Balaban J connectivity index is 1.79. The Labute approximate surface area is 111 Å². The zero-order chi connectivity index (χ0) is 13.0. The number of aromatic nitrogens is 2. The van der Waals surface area contributed by atoms with Crippen molar-refractivity contribution in [1.29, 1.82) is 0 Å². The highest BCUT2D eigenvalue weighted by molar-refractivity contribution is 6.32. The summed E-state index contributed by atoms with van der Waals surface area (Å²) in [4.78, 5) is 11.5. The summed E-state index contributed by atoms with van der Waals surface area (Å²) >= 11 is 5.93. The van der Waals surface area contributed by atoms with Crippen molar-refractivity contribution in [2.75, 3.05) is 18.5 Å². The number of ether oxygens (including phenoxy) is 1. The van der Waals surface area contributed by atoms with Crippen LogP contribution in [0.15, 0.2) is 11.0 Å². The van der Waals surface area contributed by atoms with Gasteiger partial charge < -0.3 is 10.1 Å². The lowest BCUT2D eigenvalue weighted by atomic mass is 10.3. The van der Waals surface area contributed by atoms with Crippen LogP contribution in [0.4, 0.5) is 5.69 Å². The van der Waals surface area contributed by atoms with Crippen molar-refractivity contribution in [3.05, 3.63) is 21.6 Å². The number of rotatable bonds is 5. The molecule has 0 aliphatic heterocycles. The van der Waals surface area contributed by atoms with Gasteiger partial charge in [-0.2, -0.15) is 5.10 Å². The molecule has 0 aromatic carbocycles. The summed E-state index contributed by atoms with van der Waals surface area (Å²) in [6, 6.07) is 0. The summed E-state index contributed by atoms with van der Waals surface area (Å²) in [6.07, 6.45) is 6.82. The van der Waals surface area contributed by atoms with E-state index < -0.39 is 0 Å². The molecule has 0 unspecified atom stereocenters. The van der Waals surface area contributed by atoms with Gasteiger partial charge in [-0.25, -0.2) is 4.68 Å². The highest BCUT2D eigenvalue weighted by Gasteiger charge is 2.14. The second-order valence-electron chi connectivity index (χ2n) is 4.51. The summed E-state index contributed by atoms with van der Waals surface area (Å²) in [5, 5.41) is 7.16. The maximum Gasteiger partial charge on any atom is 0.287 e. The minimum absolute atomic E-state index is 0.174. The topological polar surface area (TPSA) is 56.1 Å². The molecule has 100 valence electrons. The number of hydrogen-bond donors (Lipinski definition) is 1. The first-order chi connectivity index (χ1) is 8.68. The van der Waals surface area contributed by atoms with Gasteiger partial charge in [0.25, 0.3) is 5.56 Å². The van der Waals surface area contributed by atoms with Gasteiger partial charge in [0.05, 0.1) is 24.6 Å². The number of hydrogen-bond acceptors (Lipinski definition) is 4. The van der Waals surface area contributed by atoms with Crippen LogP contribution in [0.5, 0.6) is 0 Å². The van der Waals surface area contributed by atoms with Gasteiger partial charge in [-0.1, -0.05) is 24.4 Å². The Morgan fingerprint density at radius 1 is 1.56 bits per heavy atom. The number of aryl methyl sites for hydroxylation is 1. The van der Waals surface area contributed by atoms with Crippen molar-refractivity contribution < 1.29 is 4.74 Å². The molecule has 1 aromatic rings. The maximum atomic E-state index is 11.5. The van der Waals surface area contributed by atoms with Crippen LogP contribution in [0.25, 0.3) is 0 Å². The van der Waals surface area contributed by atoms with Crippen molar-refractivity contribution in [2.45, 2.75) is 31.8 Å². The summed E-state index contributed by atoms with van der Waals surface area (Å²) in [5.41, 5.74) is 0.271. The molecule has 0 amide bonds. The zero-order valence-corrected chi connectivity index (χ0v) is 11.2. The Morgan fingerprint density at radius 2 is 2.28 bits per heavy atom. The molecule has 0 atom stereocenters. The zero-order valence-electron chi connectivity index (χ0n) is 10.5. The van der Waals surface area contributed by atoms with Crippen LogP contribution < -0.4 is 10.9 Å². The normalized spacial score (nSPS) is 16.1. The van der Waals surface area contributed by atoms with Crippen LogP contribution in [-0.2, 0) is 11.8 Å². The van der Waals surface area contributed by atoms with Crippen molar-refractivity contribution in [2.24, 2.45) is 7.05 Å². The molecule has 2 rings (SSSR count). The van der Waals surface area contributed by atoms with Crippen LogP contribution >= 0.6 is 11.6 Å². The van der Waals surface area contributed by atoms with Crippen molar-refractivity contribution in [1.82, 2.24) is 9.78 Å². The molecule has 6 heteroatoms. The molecule has 1 saturated carbocycles. The highest BCUT2D eigenvalue weighted by atomic mass is 35.5. The van der Waals surface area contributed by atoms with Gasteiger partial charge in [-0.15, -0.1) is 0 Å². The quantitative estimate of drug-likeness (QED) is 0.830. The number of halogens is 1. The fraction of sp³-hybridized carbons (Fsp3) is 0.667. The maximum absolute atomic E-state index is 11.5. The van der Waals surface area contributed by atoms with E-state index >= 15 is 0 Å². The minimum Gasteiger partial charge on any atom is -0.380 e. The van der Waals surface area contributed by atoms with Gasteiger partial charge in [0.2, 0.25) is 0 Å². The van der Waals surface area contributed by atoms with Crippen LogP contribution in [0.2, 0.25) is 5.02 Å². The van der Waals surface area contributed by atoms with Gasteiger partial charge in [0, 0.05) is 13.6 Å². The molecule has 1 aliphatic rings. The van der Waals surface area contributed by atoms with E-state index in [1.807, 2.05) is 0 Å². The molecule has 0 spiro atoms. The minimum atomic E-state index is -0.293. The first-order valence-corrected chi connectivity index (χ1v) is 6.63. The molecule has 0 saturated heterocycles. The van der Waals surface area contributed by atoms with Crippen molar-refractivity contribution in [3.8, 4) is 0 Å². The Morgan fingerprint density at radius 3 is 3.00 bits per heavy atom. The lowest BCUT2D eigenvalue weighted by Gasteiger charge is -2.12. The van der Waals surface area contributed by atoms with Gasteiger partial charge in [0.15, 0.2) is 0 Å². The standard InChI is InChI=1S/C12H18ClN3O2/c1-16-12(17)11(13)10(8-15-16)14-6-7-18-9-4-2-3-5-9/h8-9,14H,2-7H2,1H3. The summed E-state index contributed by atoms with van der Waals surface area (Å²) in [5.74, 6) is 0. The van der Waals surface area contributed by atoms with Crippen molar-refractivity contribution in [3.63, 3.8) is 0 Å². The predicted octanol–water partition coefficient (Wildman–Crippen LogP) is 1.80. The largest absolute Gasteiger partial charge is 0.380 e. The second kappa shape index (κ2) is 6.20. The fourth-order valence-electron chi connectivity index (χ4n) is 2.10. The molecule has 18 heavy (non-hydrogen) atoms. The Hall–Kier alpha value is -1.07. The molecule has 0 bridgehead atoms. The number of nitrogens with one attached hydrogen (secondary N) is 1. The first-order valence-electron chi connectivity index (χ1n) is 6.26. The summed E-state index contributed by atoms with van der Waals surface area (Å²) in [6.45, 7) is 1.25. The van der Waals surface area contributed by atoms with E-state index in [0.29, 0.717) is 24.9 Å². The molecule has 1 N–H and O–H groups in total.